The highest BCUT2D eigenvalue weighted by Crippen LogP contribution is 2.28. The lowest BCUT2D eigenvalue weighted by Crippen LogP contribution is -2.49. The van der Waals surface area contributed by atoms with Crippen molar-refractivity contribution in [3.63, 3.8) is 0 Å². The molecule has 1 unspecified atom stereocenters. The van der Waals surface area contributed by atoms with E-state index in [4.69, 9.17) is 10.8 Å². The van der Waals surface area contributed by atoms with Crippen molar-refractivity contribution in [2.75, 3.05) is 12.0 Å². The maximum Gasteiger partial charge on any atom is 0.326 e. The van der Waals surface area contributed by atoms with Crippen molar-refractivity contribution in [1.29, 1.82) is 0 Å². The van der Waals surface area contributed by atoms with Crippen molar-refractivity contribution in [3.05, 3.63) is 0 Å². The minimum absolute atomic E-state index is 0.0790. The number of carbonyl (C=O) groups is 2. The molecule has 0 bridgehead atoms. The molecular formula is C13H24N2O5S. The molecule has 0 aliphatic heterocycles. The number of carbonyl (C=O) groups excluding carboxylic acids is 1. The van der Waals surface area contributed by atoms with Crippen molar-refractivity contribution >= 4 is 21.7 Å². The number of nitrogens with one attached hydrogen (secondary N) is 1. The first kappa shape index (κ1) is 17.9. The molecule has 122 valence electrons. The van der Waals surface area contributed by atoms with Crippen LogP contribution >= 0.6 is 0 Å². The van der Waals surface area contributed by atoms with E-state index in [-0.39, 0.29) is 18.6 Å². The smallest absolute Gasteiger partial charge is 0.326 e. The molecule has 8 heteroatoms. The van der Waals surface area contributed by atoms with Crippen LogP contribution in [-0.2, 0) is 19.4 Å². The Kier molecular flexibility index (Phi) is 6.15. The second kappa shape index (κ2) is 7.22. The molecule has 0 aromatic heterocycles. The number of hydrogen-bond acceptors (Lipinski definition) is 5. The third-order valence-electron chi connectivity index (χ3n) is 3.77. The first-order valence-electron chi connectivity index (χ1n) is 7.10. The van der Waals surface area contributed by atoms with Gasteiger partial charge in [0, 0.05) is 18.2 Å². The largest absolute Gasteiger partial charge is 0.480 e. The van der Waals surface area contributed by atoms with Gasteiger partial charge in [0.15, 0.2) is 0 Å². The molecule has 1 saturated carbocycles. The highest BCUT2D eigenvalue weighted by molar-refractivity contribution is 7.90. The average Bonchev–Trinajstić information content (AvgIpc) is 2.33. The van der Waals surface area contributed by atoms with E-state index in [2.05, 4.69) is 5.32 Å². The van der Waals surface area contributed by atoms with Crippen LogP contribution in [0, 0.1) is 0 Å². The van der Waals surface area contributed by atoms with E-state index in [0.29, 0.717) is 0 Å². The molecule has 1 rings (SSSR count). The van der Waals surface area contributed by atoms with E-state index in [1.54, 1.807) is 0 Å². The Labute approximate surface area is 125 Å². The summed E-state index contributed by atoms with van der Waals surface area (Å²) in [6, 6.07) is -1.19. The van der Waals surface area contributed by atoms with E-state index < -0.39 is 33.3 Å². The van der Waals surface area contributed by atoms with Crippen LogP contribution in [0.25, 0.3) is 0 Å². The standard InChI is InChI=1S/C13H24N2O5S/c1-21(19,20)8-5-10(12(17)18)15-11(16)9-13(14)6-3-2-4-7-13/h10H,2-9,14H2,1H3,(H,15,16)(H,17,18). The van der Waals surface area contributed by atoms with Crippen LogP contribution < -0.4 is 11.1 Å². The summed E-state index contributed by atoms with van der Waals surface area (Å²) in [5.41, 5.74) is 5.58. The zero-order valence-electron chi connectivity index (χ0n) is 12.3. The van der Waals surface area contributed by atoms with E-state index in [1.807, 2.05) is 0 Å². The van der Waals surface area contributed by atoms with E-state index in [1.165, 1.54) is 0 Å². The lowest BCUT2D eigenvalue weighted by Gasteiger charge is -2.33. The Hall–Kier alpha value is -1.15. The molecular weight excluding hydrogens is 296 g/mol. The van der Waals surface area contributed by atoms with Crippen molar-refractivity contribution in [3.8, 4) is 0 Å². The SMILES string of the molecule is CS(=O)(=O)CCC(NC(=O)CC1(N)CCCCC1)C(=O)O. The molecule has 1 atom stereocenters. The minimum Gasteiger partial charge on any atom is -0.480 e. The Bertz CT molecular complexity index is 483. The molecule has 0 saturated heterocycles. The van der Waals surface area contributed by atoms with Crippen LogP contribution in [0.1, 0.15) is 44.9 Å². The number of carboxylic acid groups (broad SMARTS) is 1. The summed E-state index contributed by atoms with van der Waals surface area (Å²) in [4.78, 5) is 23.0. The number of nitrogens with two attached hydrogens (primary N) is 1. The summed E-state index contributed by atoms with van der Waals surface area (Å²) >= 11 is 0. The lowest BCUT2D eigenvalue weighted by atomic mass is 9.80. The predicted molar refractivity (Wildman–Crippen MR) is 78.5 cm³/mol. The van der Waals surface area contributed by atoms with Crippen molar-refractivity contribution < 1.29 is 23.1 Å². The summed E-state index contributed by atoms with van der Waals surface area (Å²) in [7, 11) is -3.27. The second-order valence-electron chi connectivity index (χ2n) is 5.98. The number of amides is 1. The van der Waals surface area contributed by atoms with Gasteiger partial charge < -0.3 is 16.2 Å². The van der Waals surface area contributed by atoms with Crippen LogP contribution in [-0.4, -0.2) is 49.0 Å². The van der Waals surface area contributed by atoms with Gasteiger partial charge in [-0.25, -0.2) is 13.2 Å². The third kappa shape index (κ3) is 6.90. The van der Waals surface area contributed by atoms with E-state index in [9.17, 15) is 18.0 Å². The summed E-state index contributed by atoms with van der Waals surface area (Å²) in [5, 5.41) is 11.4. The molecule has 4 N–H and O–H groups in total. The summed E-state index contributed by atoms with van der Waals surface area (Å²) in [5.74, 6) is -1.94. The molecule has 1 aliphatic carbocycles. The first-order valence-corrected chi connectivity index (χ1v) is 9.16. The molecule has 21 heavy (non-hydrogen) atoms. The van der Waals surface area contributed by atoms with Gasteiger partial charge >= 0.3 is 5.97 Å². The van der Waals surface area contributed by atoms with Gasteiger partial charge in [-0.05, 0) is 19.3 Å². The van der Waals surface area contributed by atoms with Gasteiger partial charge in [0.25, 0.3) is 0 Å². The molecule has 1 amide bonds. The Morgan fingerprint density at radius 3 is 2.33 bits per heavy atom. The molecule has 1 fully saturated rings. The fraction of sp³-hybridized carbons (Fsp3) is 0.846. The second-order valence-corrected chi connectivity index (χ2v) is 8.24. The van der Waals surface area contributed by atoms with Gasteiger partial charge in [-0.1, -0.05) is 19.3 Å². The van der Waals surface area contributed by atoms with Crippen LogP contribution in [0.5, 0.6) is 0 Å². The molecule has 0 heterocycles. The lowest BCUT2D eigenvalue weighted by molar-refractivity contribution is -0.142. The Morgan fingerprint density at radius 1 is 1.29 bits per heavy atom. The minimum atomic E-state index is -3.27. The summed E-state index contributed by atoms with van der Waals surface area (Å²) in [6.07, 6.45) is 5.52. The summed E-state index contributed by atoms with van der Waals surface area (Å²) in [6.45, 7) is 0. The van der Waals surface area contributed by atoms with Gasteiger partial charge in [-0.15, -0.1) is 0 Å². The number of sulfone groups is 1. The Morgan fingerprint density at radius 2 is 1.86 bits per heavy atom. The normalized spacial score (nSPS) is 19.7. The van der Waals surface area contributed by atoms with Crippen molar-refractivity contribution in [2.24, 2.45) is 5.73 Å². The molecule has 0 radical (unpaired) electrons. The quantitative estimate of drug-likeness (QED) is 0.608. The first-order chi connectivity index (χ1) is 9.61. The monoisotopic (exact) mass is 320 g/mol. The fourth-order valence-electron chi connectivity index (χ4n) is 2.59. The third-order valence-corrected chi connectivity index (χ3v) is 4.75. The van der Waals surface area contributed by atoms with Gasteiger partial charge in [0.2, 0.25) is 5.91 Å². The zero-order chi connectivity index (χ0) is 16.1. The van der Waals surface area contributed by atoms with Crippen LogP contribution in [0.3, 0.4) is 0 Å². The molecule has 0 aromatic carbocycles. The van der Waals surface area contributed by atoms with Crippen LogP contribution in [0.4, 0.5) is 0 Å². The van der Waals surface area contributed by atoms with Gasteiger partial charge in [-0.2, -0.15) is 0 Å². The topological polar surface area (TPSA) is 127 Å². The molecule has 0 aromatic rings. The molecule has 0 spiro atoms. The number of aliphatic carboxylic acids is 1. The van der Waals surface area contributed by atoms with E-state index >= 15 is 0 Å². The average molecular weight is 320 g/mol. The fourth-order valence-corrected chi connectivity index (χ4v) is 3.25. The van der Waals surface area contributed by atoms with Crippen LogP contribution in [0.15, 0.2) is 0 Å². The van der Waals surface area contributed by atoms with Crippen molar-refractivity contribution in [2.45, 2.75) is 56.5 Å². The maximum absolute atomic E-state index is 12.0. The highest BCUT2D eigenvalue weighted by Gasteiger charge is 2.31. The number of rotatable bonds is 7. The number of carboxylic acids is 1. The highest BCUT2D eigenvalue weighted by atomic mass is 32.2. The zero-order valence-corrected chi connectivity index (χ0v) is 13.1. The van der Waals surface area contributed by atoms with E-state index in [0.717, 1.165) is 38.4 Å². The van der Waals surface area contributed by atoms with Gasteiger partial charge in [0.05, 0.1) is 5.75 Å². The van der Waals surface area contributed by atoms with Crippen LogP contribution in [0.2, 0.25) is 0 Å². The maximum atomic E-state index is 12.0. The summed E-state index contributed by atoms with van der Waals surface area (Å²) < 4.78 is 22.2. The number of hydrogen-bond donors (Lipinski definition) is 3. The molecule has 1 aliphatic rings. The van der Waals surface area contributed by atoms with Gasteiger partial charge in [-0.3, -0.25) is 4.79 Å². The molecule has 7 nitrogen and oxygen atoms in total. The van der Waals surface area contributed by atoms with Gasteiger partial charge in [0.1, 0.15) is 15.9 Å². The van der Waals surface area contributed by atoms with Crippen molar-refractivity contribution in [1.82, 2.24) is 5.32 Å². The Balaban J connectivity index is 2.54. The predicted octanol–water partition coefficient (Wildman–Crippen LogP) is 0.0422.